The Morgan fingerprint density at radius 2 is 0.604 bits per heavy atom. The van der Waals surface area contributed by atoms with Crippen molar-refractivity contribution in [2.24, 2.45) is 52.3 Å². The summed E-state index contributed by atoms with van der Waals surface area (Å²) in [4.78, 5) is 249. The number of phenols is 2. The highest BCUT2D eigenvalue weighted by atomic mass is 32.1. The van der Waals surface area contributed by atoms with Gasteiger partial charge < -0.3 is 165 Å². The predicted molar refractivity (Wildman–Crippen MR) is 513 cm³/mol. The second-order valence-electron chi connectivity index (χ2n) is 34.4. The molecule has 38 N–H and O–H groups in total. The van der Waals surface area contributed by atoms with Gasteiger partial charge >= 0.3 is 5.97 Å². The molecule has 16 atom stereocenters. The van der Waals surface area contributed by atoms with Crippen molar-refractivity contribution < 1.29 is 122 Å². The summed E-state index contributed by atoms with van der Waals surface area (Å²) < 4.78 is 0. The lowest BCUT2D eigenvalue weighted by atomic mass is 10.0. The van der Waals surface area contributed by atoms with Crippen molar-refractivity contribution >= 4 is 144 Å². The Morgan fingerprint density at radius 3 is 0.942 bits per heavy atom. The van der Waals surface area contributed by atoms with Crippen LogP contribution in [0.3, 0.4) is 0 Å². The van der Waals surface area contributed by atoms with Crippen molar-refractivity contribution in [2.75, 3.05) is 77.2 Å². The third-order valence-corrected chi connectivity index (χ3v) is 21.8. The molecule has 0 spiro atoms. The van der Waals surface area contributed by atoms with E-state index < -0.39 is 297 Å². The van der Waals surface area contributed by atoms with Gasteiger partial charge in [-0.2, -0.15) is 25.3 Å². The van der Waals surface area contributed by atoms with Gasteiger partial charge in [-0.15, -0.1) is 0 Å². The number of rotatable bonds is 67. The SMILES string of the molecule is CC(C)C[C@H](NC(=O)[C@H](CO)NC(=O)[C@H](Cc1ccc(O)cc1)NC(=O)[C@H](CCCNC(=N)N)NC(=O)[C@H](CS)NC(=O)[C@H](CS)NC(=O)[C@H](CCCNC(=N)N)NC(=O)[C@H](Cc1ccc(O)cc1)NC(=O)[C@H](CO)NC(=O)[C@H](CC(C)C)NC(=O)[C@H](CO)NC(=O)[C@@H](NC(=O)CNC(=O)[C@@H](N)CCCCN)C(C)C)C(=O)N[C@@H](CO)C(=O)N[C@H](C(=O)NCC(=O)N[C@@H](CCCCN)C(=O)O)C(C)C. The van der Waals surface area contributed by atoms with E-state index in [4.69, 9.17) is 39.5 Å². The normalized spacial score (nSPS) is 14.6. The van der Waals surface area contributed by atoms with Crippen LogP contribution in [0.1, 0.15) is 144 Å². The molecule has 2 rings (SSSR count). The number of benzene rings is 2. The average molecular weight is 2010 g/mol. The maximum Gasteiger partial charge on any atom is 0.326 e. The van der Waals surface area contributed by atoms with Gasteiger partial charge in [-0.3, -0.25) is 92.3 Å². The first kappa shape index (κ1) is 123. The molecule has 51 nitrogen and oxygen atoms in total. The zero-order valence-electron chi connectivity index (χ0n) is 79.3. The minimum atomic E-state index is -1.92. The van der Waals surface area contributed by atoms with E-state index in [9.17, 15) is 122 Å². The zero-order chi connectivity index (χ0) is 105. The lowest BCUT2D eigenvalue weighted by molar-refractivity contribution is -0.142. The lowest BCUT2D eigenvalue weighted by Crippen LogP contribution is -2.62. The molecule has 17 amide bonds. The van der Waals surface area contributed by atoms with Crippen molar-refractivity contribution in [3.63, 3.8) is 0 Å². The van der Waals surface area contributed by atoms with E-state index in [1.54, 1.807) is 41.5 Å². The average Bonchev–Trinajstić information content (AvgIpc) is 0.498. The molecule has 0 unspecified atom stereocenters. The van der Waals surface area contributed by atoms with Crippen LogP contribution in [0.5, 0.6) is 11.5 Å². The fourth-order valence-electron chi connectivity index (χ4n) is 13.3. The Bertz CT molecular complexity index is 4310. The molecule has 0 saturated heterocycles. The van der Waals surface area contributed by atoms with Gasteiger partial charge in [0.05, 0.1) is 45.6 Å². The van der Waals surface area contributed by atoms with Crippen LogP contribution in [0, 0.1) is 34.5 Å². The van der Waals surface area contributed by atoms with Crippen molar-refractivity contribution in [1.82, 2.24) is 101 Å². The van der Waals surface area contributed by atoms with Crippen molar-refractivity contribution in [1.29, 1.82) is 10.8 Å². The van der Waals surface area contributed by atoms with Gasteiger partial charge in [-0.1, -0.05) is 86.1 Å². The van der Waals surface area contributed by atoms with E-state index in [-0.39, 0.29) is 86.6 Å². The smallest absolute Gasteiger partial charge is 0.326 e. The third-order valence-electron chi connectivity index (χ3n) is 21.1. The van der Waals surface area contributed by atoms with Gasteiger partial charge in [0.25, 0.3) is 0 Å². The number of amides is 17. The number of aliphatic hydroxyl groups excluding tert-OH is 4. The van der Waals surface area contributed by atoms with E-state index >= 15 is 0 Å². The first-order valence-electron chi connectivity index (χ1n) is 45.5. The summed E-state index contributed by atoms with van der Waals surface area (Å²) in [5.74, 6) is -23.4. The Kier molecular flexibility index (Phi) is 57.6. The number of nitrogens with one attached hydrogen (secondary N) is 21. The number of carbonyl (C=O) groups is 18. The molecule has 53 heteroatoms. The summed E-state index contributed by atoms with van der Waals surface area (Å²) in [6.45, 7) is 7.64. The van der Waals surface area contributed by atoms with Crippen LogP contribution in [0.2, 0.25) is 0 Å². The number of carboxylic acid groups (broad SMARTS) is 1. The number of unbranched alkanes of at least 4 members (excludes halogenated alkanes) is 2. The Hall–Kier alpha value is -12.5. The molecule has 2 aromatic rings. The largest absolute Gasteiger partial charge is 0.508 e. The van der Waals surface area contributed by atoms with Gasteiger partial charge in [0.15, 0.2) is 11.9 Å². The Morgan fingerprint density at radius 1 is 0.324 bits per heavy atom. The summed E-state index contributed by atoms with van der Waals surface area (Å²) >= 11 is 8.60. The van der Waals surface area contributed by atoms with Crippen molar-refractivity contribution in [3.8, 4) is 11.5 Å². The van der Waals surface area contributed by atoms with E-state index in [0.29, 0.717) is 45.2 Å². The van der Waals surface area contributed by atoms with E-state index in [0.717, 1.165) is 0 Å². The molecule has 0 heterocycles. The summed E-state index contributed by atoms with van der Waals surface area (Å²) in [6, 6.07) is -15.1. The summed E-state index contributed by atoms with van der Waals surface area (Å²) in [6.07, 6.45) is 0.534. The highest BCUT2D eigenvalue weighted by Gasteiger charge is 2.40. The molecule has 0 aliphatic rings. The van der Waals surface area contributed by atoms with Crippen LogP contribution in [-0.4, -0.2) is 328 Å². The molecule has 2 aromatic carbocycles. The standard InChI is InChI=1S/C86H144N26O25S2/c1-43(2)31-55(102-78(130)61(39-115)108-83(135)68(46(7)8)111-66(120)36-96-69(121)51(89)15-9-11-27-87)72(124)105-60(38-114)77(129)104-57(33-47-19-23-49(117)24-20-47)74(126)99-53(18-14-30-95-86(92)93)71(123)109-64(42-139)81(133)110-63(41-138)80(132)100-52(17-13-29-94-85(90)91)70(122)103-58(34-48-21-25-50(118)26-22-48)75(127)106-59(37-113)76(128)101-56(32-44(3)4)73(125)107-62(40-116)79(131)112-67(45(5)6)82(134)97-35-65(119)98-54(84(136)137)16-10-12-28-88/h19-26,43-46,51-64,67-68,113-118,138-139H,9-18,27-42,87-89H2,1-8H3,(H,96,121)(H,97,134)(H,98,119)(H,99,126)(H,100,132)(H,101,128)(H,102,130)(H,103,122)(H,104,129)(H,105,124)(H,106,127)(H,107,125)(H,108,135)(H,109,123)(H,110,133)(H,111,120)(H,112,131)(H,136,137)(H4,90,91,94)(H4,92,93,95)/t51-,52-,53-,54-,55-,56-,57-,58-,59-,60-,61-,62-,63-,64-,67-,68-/m0/s1. The minimum Gasteiger partial charge on any atom is -0.508 e. The Labute approximate surface area is 816 Å². The highest BCUT2D eigenvalue weighted by molar-refractivity contribution is 7.80. The van der Waals surface area contributed by atoms with Crippen LogP contribution in [0.4, 0.5) is 0 Å². The van der Waals surface area contributed by atoms with Crippen molar-refractivity contribution in [2.45, 2.75) is 242 Å². The molecule has 780 valence electrons. The molecule has 139 heavy (non-hydrogen) atoms. The molecular formula is C86H144N26O25S2. The van der Waals surface area contributed by atoms with E-state index in [1.165, 1.54) is 62.4 Å². The van der Waals surface area contributed by atoms with Crippen molar-refractivity contribution in [3.05, 3.63) is 59.7 Å². The van der Waals surface area contributed by atoms with Crippen LogP contribution in [0.15, 0.2) is 48.5 Å². The number of hydrogen-bond donors (Lipinski definition) is 35. The monoisotopic (exact) mass is 2010 g/mol. The van der Waals surface area contributed by atoms with Gasteiger partial charge in [-0.25, -0.2) is 4.79 Å². The number of hydrogen-bond acceptors (Lipinski definition) is 31. The first-order valence-corrected chi connectivity index (χ1v) is 46.7. The topological polar surface area (TPSA) is 855 Å². The quantitative estimate of drug-likeness (QED) is 0.0127. The lowest BCUT2D eigenvalue weighted by Gasteiger charge is -2.28. The number of thiol groups is 2. The number of aromatic hydroxyl groups is 2. The fourth-order valence-corrected chi connectivity index (χ4v) is 13.9. The highest BCUT2D eigenvalue weighted by Crippen LogP contribution is 2.18. The third kappa shape index (κ3) is 47.1. The molecule has 0 saturated carbocycles. The zero-order valence-corrected chi connectivity index (χ0v) is 81.1. The van der Waals surface area contributed by atoms with Crippen LogP contribution >= 0.6 is 25.3 Å². The molecule has 0 bridgehead atoms. The number of nitrogens with two attached hydrogens (primary N) is 5. The molecule has 0 aliphatic heterocycles. The molecule has 0 radical (unpaired) electrons. The number of carbonyl (C=O) groups excluding carboxylic acids is 17. The van der Waals surface area contributed by atoms with Crippen LogP contribution in [0.25, 0.3) is 0 Å². The van der Waals surface area contributed by atoms with E-state index in [1.807, 2.05) is 0 Å². The van der Waals surface area contributed by atoms with E-state index in [2.05, 4.69) is 126 Å². The number of aliphatic carboxylic acids is 1. The Balaban J connectivity index is 2.52. The summed E-state index contributed by atoms with van der Waals surface area (Å²) in [5, 5.41) is 134. The minimum absolute atomic E-state index is 0.0424. The van der Waals surface area contributed by atoms with Gasteiger partial charge in [0.1, 0.15) is 102 Å². The number of phenolic OH excluding ortho intramolecular Hbond substituents is 2. The number of aliphatic hydroxyl groups is 4. The molecule has 0 aromatic heterocycles. The van der Waals surface area contributed by atoms with Gasteiger partial charge in [-0.05, 0) is 143 Å². The maximum atomic E-state index is 14.8. The predicted octanol–water partition coefficient (Wildman–Crippen LogP) is -10.2. The summed E-state index contributed by atoms with van der Waals surface area (Å²) in [7, 11) is 0. The van der Waals surface area contributed by atoms with Crippen LogP contribution in [-0.2, 0) is 99.1 Å². The molecular weight excluding hydrogens is 1860 g/mol. The first-order chi connectivity index (χ1) is 65.6. The van der Waals surface area contributed by atoms with Gasteiger partial charge in [0.2, 0.25) is 100 Å². The second-order valence-corrected chi connectivity index (χ2v) is 35.1. The molecule has 0 aliphatic carbocycles. The maximum absolute atomic E-state index is 14.8. The van der Waals surface area contributed by atoms with Crippen LogP contribution < -0.4 is 130 Å². The van der Waals surface area contributed by atoms with Gasteiger partial charge in [0, 0.05) is 37.4 Å². The fraction of sp³-hybridized carbons (Fsp3) is 0.628. The number of guanidine groups is 2. The second kappa shape index (κ2) is 65.3. The summed E-state index contributed by atoms with van der Waals surface area (Å²) in [5.41, 5.74) is 28.6. The number of carboxylic acids is 1. The molecule has 0 fully saturated rings.